The molecule has 7 nitrogen and oxygen atoms in total. The third-order valence-corrected chi connectivity index (χ3v) is 4.36. The molecule has 1 aromatic rings. The molecule has 0 aromatic heterocycles. The summed E-state index contributed by atoms with van der Waals surface area (Å²) >= 11 is 0. The predicted molar refractivity (Wildman–Crippen MR) is 83.9 cm³/mol. The highest BCUT2D eigenvalue weighted by Crippen LogP contribution is 2.36. The Morgan fingerprint density at radius 2 is 2.04 bits per heavy atom. The number of phenols is 1. The molecule has 23 heavy (non-hydrogen) atoms. The maximum absolute atomic E-state index is 11.2. The molecule has 3 rings (SSSR count). The molecule has 0 bridgehead atoms. The molecule has 126 valence electrons. The number of benzene rings is 1. The zero-order chi connectivity index (χ0) is 16.7. The fraction of sp³-hybridized carbons (Fsp3) is 0.562. The third kappa shape index (κ3) is 3.20. The summed E-state index contributed by atoms with van der Waals surface area (Å²) in [7, 11) is 0. The van der Waals surface area contributed by atoms with E-state index in [4.69, 9.17) is 9.47 Å². The number of nitrogens with zero attached hydrogens (tertiary/aromatic N) is 1. The molecule has 2 aliphatic heterocycles. The first-order valence-electron chi connectivity index (χ1n) is 7.65. The molecule has 0 atom stereocenters. The van der Waals surface area contributed by atoms with Crippen LogP contribution in [0.3, 0.4) is 0 Å². The van der Waals surface area contributed by atoms with Crippen LogP contribution < -0.4 is 10.2 Å². The van der Waals surface area contributed by atoms with Crippen molar-refractivity contribution >= 4 is 11.8 Å². The van der Waals surface area contributed by atoms with E-state index in [0.717, 1.165) is 24.2 Å². The van der Waals surface area contributed by atoms with Crippen molar-refractivity contribution in [2.75, 3.05) is 31.2 Å². The van der Waals surface area contributed by atoms with E-state index in [1.165, 1.54) is 0 Å². The molecule has 1 aromatic carbocycles. The van der Waals surface area contributed by atoms with Crippen LogP contribution >= 0.6 is 0 Å². The summed E-state index contributed by atoms with van der Waals surface area (Å²) in [5.74, 6) is -0.437. The monoisotopic (exact) mass is 322 g/mol. The number of phenolic OH excluding ortho intramolecular Hbond substituents is 1. The Balaban J connectivity index is 1.81. The zero-order valence-corrected chi connectivity index (χ0v) is 13.3. The number of carbonyl (C=O) groups is 1. The maximum Gasteiger partial charge on any atom is 0.405 e. The minimum Gasteiger partial charge on any atom is -0.508 e. The average molecular weight is 322 g/mol. The minimum atomic E-state index is -1.10. The fourth-order valence-electron chi connectivity index (χ4n) is 3.15. The van der Waals surface area contributed by atoms with Crippen LogP contribution in [0.25, 0.3) is 0 Å². The van der Waals surface area contributed by atoms with Gasteiger partial charge in [0, 0.05) is 24.3 Å². The van der Waals surface area contributed by atoms with Gasteiger partial charge in [-0.05, 0) is 32.4 Å². The Hall–Kier alpha value is -1.99. The lowest BCUT2D eigenvalue weighted by molar-refractivity contribution is -0.268. The fourth-order valence-corrected chi connectivity index (χ4v) is 3.15. The second-order valence-corrected chi connectivity index (χ2v) is 6.63. The van der Waals surface area contributed by atoms with E-state index in [1.807, 2.05) is 6.07 Å². The molecular formula is C16H22N2O5. The Labute approximate surface area is 134 Å². The van der Waals surface area contributed by atoms with Gasteiger partial charge in [-0.2, -0.15) is 0 Å². The van der Waals surface area contributed by atoms with Crippen molar-refractivity contribution in [3.8, 4) is 5.75 Å². The third-order valence-electron chi connectivity index (χ3n) is 4.36. The summed E-state index contributed by atoms with van der Waals surface area (Å²) in [5, 5.41) is 21.7. The number of hydrogen-bond acceptors (Lipinski definition) is 5. The highest BCUT2D eigenvalue weighted by Gasteiger charge is 2.43. The molecular weight excluding hydrogens is 300 g/mol. The van der Waals surface area contributed by atoms with Gasteiger partial charge in [0.2, 0.25) is 0 Å². The predicted octanol–water partition coefficient (Wildman–Crippen LogP) is 1.54. The largest absolute Gasteiger partial charge is 0.508 e. The second kappa shape index (κ2) is 5.58. The topological polar surface area (TPSA) is 91.3 Å². The van der Waals surface area contributed by atoms with Gasteiger partial charge in [0.25, 0.3) is 0 Å². The van der Waals surface area contributed by atoms with E-state index in [9.17, 15) is 15.0 Å². The lowest BCUT2D eigenvalue weighted by atomic mass is 9.99. The normalized spacial score (nSPS) is 21.7. The number of rotatable bonds is 3. The number of hydrogen-bond donors (Lipinski definition) is 3. The summed E-state index contributed by atoms with van der Waals surface area (Å²) in [6.45, 7) is 5.22. The van der Waals surface area contributed by atoms with Crippen LogP contribution in [0.4, 0.5) is 10.5 Å². The Morgan fingerprint density at radius 3 is 2.70 bits per heavy atom. The quantitative estimate of drug-likeness (QED) is 0.782. The van der Waals surface area contributed by atoms with Gasteiger partial charge in [0.05, 0.1) is 13.2 Å². The van der Waals surface area contributed by atoms with Crippen molar-refractivity contribution in [1.29, 1.82) is 0 Å². The van der Waals surface area contributed by atoms with Crippen molar-refractivity contribution in [2.45, 2.75) is 31.6 Å². The smallest absolute Gasteiger partial charge is 0.405 e. The molecule has 0 spiro atoms. The molecule has 0 unspecified atom stereocenters. The first-order valence-corrected chi connectivity index (χ1v) is 7.65. The maximum atomic E-state index is 11.2. The van der Waals surface area contributed by atoms with Crippen molar-refractivity contribution < 1.29 is 24.5 Å². The Morgan fingerprint density at radius 1 is 1.35 bits per heavy atom. The summed E-state index contributed by atoms with van der Waals surface area (Å²) in [6, 6.07) is 5.40. The summed E-state index contributed by atoms with van der Waals surface area (Å²) in [6.07, 6.45) is -0.370. The van der Waals surface area contributed by atoms with Gasteiger partial charge in [-0.1, -0.05) is 6.07 Å². The van der Waals surface area contributed by atoms with Crippen LogP contribution in [0.15, 0.2) is 18.2 Å². The number of aromatic hydroxyl groups is 1. The van der Waals surface area contributed by atoms with Gasteiger partial charge in [0.1, 0.15) is 11.3 Å². The SMILES string of the molecule is CC1(C)OCC(CN2CCc3c(O)cccc32)(NC(=O)O)CO1. The van der Waals surface area contributed by atoms with Gasteiger partial charge in [0.15, 0.2) is 5.79 Å². The van der Waals surface area contributed by atoms with Gasteiger partial charge in [-0.15, -0.1) is 0 Å². The average Bonchev–Trinajstić information content (AvgIpc) is 2.86. The molecule has 0 radical (unpaired) electrons. The van der Waals surface area contributed by atoms with Crippen LogP contribution in [0, 0.1) is 0 Å². The number of carboxylic acid groups (broad SMARTS) is 1. The summed E-state index contributed by atoms with van der Waals surface area (Å²) in [5.41, 5.74) is 0.992. The van der Waals surface area contributed by atoms with Crippen LogP contribution in [-0.4, -0.2) is 53.9 Å². The highest BCUT2D eigenvalue weighted by atomic mass is 16.7. The minimum absolute atomic E-state index is 0.233. The van der Waals surface area contributed by atoms with E-state index in [1.54, 1.807) is 26.0 Å². The lowest BCUT2D eigenvalue weighted by Crippen LogP contribution is -2.65. The number of amides is 1. The van der Waals surface area contributed by atoms with E-state index in [-0.39, 0.29) is 19.0 Å². The number of nitrogens with one attached hydrogen (secondary N) is 1. The van der Waals surface area contributed by atoms with Gasteiger partial charge in [-0.3, -0.25) is 0 Å². The van der Waals surface area contributed by atoms with Crippen LogP contribution in [0.5, 0.6) is 5.75 Å². The molecule has 1 saturated heterocycles. The first kappa shape index (κ1) is 15.9. The van der Waals surface area contributed by atoms with Crippen molar-refractivity contribution in [3.05, 3.63) is 23.8 Å². The molecule has 2 aliphatic rings. The van der Waals surface area contributed by atoms with Gasteiger partial charge >= 0.3 is 6.09 Å². The Kier molecular flexibility index (Phi) is 3.85. The van der Waals surface area contributed by atoms with Crippen LogP contribution in [0.1, 0.15) is 19.4 Å². The van der Waals surface area contributed by atoms with Crippen molar-refractivity contribution in [1.82, 2.24) is 5.32 Å². The molecule has 7 heteroatoms. The van der Waals surface area contributed by atoms with E-state index in [2.05, 4.69) is 10.2 Å². The molecule has 0 saturated carbocycles. The first-order chi connectivity index (χ1) is 10.8. The summed E-state index contributed by atoms with van der Waals surface area (Å²) in [4.78, 5) is 13.3. The molecule has 0 aliphatic carbocycles. The number of fused-ring (bicyclic) bond motifs is 1. The van der Waals surface area contributed by atoms with E-state index >= 15 is 0 Å². The Bertz CT molecular complexity index is 606. The number of ether oxygens (including phenoxy) is 2. The van der Waals surface area contributed by atoms with E-state index < -0.39 is 17.4 Å². The summed E-state index contributed by atoms with van der Waals surface area (Å²) < 4.78 is 11.4. The lowest BCUT2D eigenvalue weighted by Gasteiger charge is -2.45. The zero-order valence-electron chi connectivity index (χ0n) is 13.3. The van der Waals surface area contributed by atoms with Gasteiger partial charge in [-0.25, -0.2) is 4.79 Å². The molecule has 1 amide bonds. The molecule has 3 N–H and O–H groups in total. The number of anilines is 1. The van der Waals surface area contributed by atoms with Gasteiger partial charge < -0.3 is 29.9 Å². The molecule has 1 fully saturated rings. The standard InChI is InChI=1S/C16H22N2O5/c1-15(2)22-9-16(10-23-15,17-14(20)21)8-18-7-6-11-12(18)4-3-5-13(11)19/h3-5,17,19H,6-10H2,1-2H3,(H,20,21). The van der Waals surface area contributed by atoms with Crippen molar-refractivity contribution in [2.24, 2.45) is 0 Å². The molecule has 2 heterocycles. The second-order valence-electron chi connectivity index (χ2n) is 6.63. The van der Waals surface area contributed by atoms with Crippen molar-refractivity contribution in [3.63, 3.8) is 0 Å². The van der Waals surface area contributed by atoms with Crippen LogP contribution in [-0.2, 0) is 15.9 Å². The highest BCUT2D eigenvalue weighted by molar-refractivity contribution is 5.67. The van der Waals surface area contributed by atoms with Crippen LogP contribution in [0.2, 0.25) is 0 Å². The van der Waals surface area contributed by atoms with E-state index in [0.29, 0.717) is 6.54 Å².